The highest BCUT2D eigenvalue weighted by Crippen LogP contribution is 2.31. The predicted molar refractivity (Wildman–Crippen MR) is 70.9 cm³/mol. The molecule has 18 heavy (non-hydrogen) atoms. The molecular formula is C13H18F3NS. The summed E-state index contributed by atoms with van der Waals surface area (Å²) in [5.41, 5.74) is 0.108. The third-order valence-electron chi connectivity index (χ3n) is 2.60. The molecule has 0 fully saturated rings. The van der Waals surface area contributed by atoms with E-state index < -0.39 is 11.7 Å². The predicted octanol–water partition coefficient (Wildman–Crippen LogP) is 4.11. The summed E-state index contributed by atoms with van der Waals surface area (Å²) in [6, 6.07) is 5.50. The Balaban J connectivity index is 2.79. The Bertz CT molecular complexity index is 365. The second kappa shape index (κ2) is 7.04. The molecule has 0 aliphatic rings. The number of thioether (sulfide) groups is 1. The van der Waals surface area contributed by atoms with Crippen molar-refractivity contribution in [3.63, 3.8) is 0 Å². The zero-order chi connectivity index (χ0) is 13.6. The van der Waals surface area contributed by atoms with Gasteiger partial charge in [-0.3, -0.25) is 0 Å². The molecule has 1 N–H and O–H groups in total. The van der Waals surface area contributed by atoms with E-state index in [1.165, 1.54) is 12.1 Å². The van der Waals surface area contributed by atoms with Gasteiger partial charge in [0, 0.05) is 11.8 Å². The van der Waals surface area contributed by atoms with Crippen LogP contribution in [0.15, 0.2) is 24.3 Å². The van der Waals surface area contributed by atoms with Gasteiger partial charge in [-0.1, -0.05) is 19.1 Å². The smallest absolute Gasteiger partial charge is 0.312 e. The van der Waals surface area contributed by atoms with Crippen molar-refractivity contribution >= 4 is 11.8 Å². The van der Waals surface area contributed by atoms with Gasteiger partial charge in [0.15, 0.2) is 0 Å². The fourth-order valence-electron chi connectivity index (χ4n) is 1.62. The molecule has 0 aromatic heterocycles. The summed E-state index contributed by atoms with van der Waals surface area (Å²) in [4.78, 5) is 0. The Morgan fingerprint density at radius 2 is 2.06 bits per heavy atom. The normalized spacial score (nSPS) is 13.6. The molecule has 1 unspecified atom stereocenters. The molecule has 0 bridgehead atoms. The van der Waals surface area contributed by atoms with Crippen LogP contribution in [0.25, 0.3) is 0 Å². The van der Waals surface area contributed by atoms with Crippen molar-refractivity contribution < 1.29 is 13.2 Å². The quantitative estimate of drug-likeness (QED) is 0.785. The number of halogens is 3. The summed E-state index contributed by atoms with van der Waals surface area (Å²) in [6.45, 7) is 2.09. The Kier molecular flexibility index (Phi) is 6.02. The van der Waals surface area contributed by atoms with E-state index in [9.17, 15) is 13.2 Å². The molecule has 1 aromatic rings. The molecule has 0 saturated carbocycles. The molecule has 1 rings (SSSR count). The molecular weight excluding hydrogens is 259 g/mol. The fourth-order valence-corrected chi connectivity index (χ4v) is 2.67. The van der Waals surface area contributed by atoms with Crippen LogP contribution < -0.4 is 5.32 Å². The largest absolute Gasteiger partial charge is 0.416 e. The van der Waals surface area contributed by atoms with Crippen LogP contribution in [-0.2, 0) is 6.18 Å². The molecule has 0 heterocycles. The van der Waals surface area contributed by atoms with Crippen LogP contribution in [-0.4, -0.2) is 18.6 Å². The molecule has 102 valence electrons. The number of hydrogen-bond donors (Lipinski definition) is 1. The Morgan fingerprint density at radius 1 is 1.33 bits per heavy atom. The third kappa shape index (κ3) is 4.53. The van der Waals surface area contributed by atoms with Crippen LogP contribution in [0.2, 0.25) is 0 Å². The van der Waals surface area contributed by atoms with Crippen molar-refractivity contribution in [2.24, 2.45) is 0 Å². The summed E-state index contributed by atoms with van der Waals surface area (Å²) in [6.07, 6.45) is -3.20. The summed E-state index contributed by atoms with van der Waals surface area (Å²) in [5, 5.41) is 3.07. The number of benzene rings is 1. The Labute approximate surface area is 110 Å². The highest BCUT2D eigenvalue weighted by atomic mass is 32.2. The first kappa shape index (κ1) is 15.4. The highest BCUT2D eigenvalue weighted by Gasteiger charge is 2.30. The molecule has 5 heteroatoms. The number of rotatable bonds is 6. The standard InChI is InChI=1S/C13H18F3NS/c1-3-7-18-9-12(17-2)10-5-4-6-11(8-10)13(14,15)16/h4-6,8,12,17H,3,7,9H2,1-2H3. The van der Waals surface area contributed by atoms with E-state index in [0.29, 0.717) is 5.56 Å². The molecule has 1 nitrogen and oxygen atoms in total. The van der Waals surface area contributed by atoms with E-state index >= 15 is 0 Å². The van der Waals surface area contributed by atoms with Crippen LogP contribution in [0.5, 0.6) is 0 Å². The summed E-state index contributed by atoms with van der Waals surface area (Å²) in [5.74, 6) is 1.81. The van der Waals surface area contributed by atoms with Gasteiger partial charge in [0.2, 0.25) is 0 Å². The molecule has 0 radical (unpaired) electrons. The molecule has 1 aromatic carbocycles. The Hall–Kier alpha value is -0.680. The van der Waals surface area contributed by atoms with Gasteiger partial charge < -0.3 is 5.32 Å². The maximum Gasteiger partial charge on any atom is 0.416 e. The lowest BCUT2D eigenvalue weighted by molar-refractivity contribution is -0.137. The minimum atomic E-state index is -4.27. The highest BCUT2D eigenvalue weighted by molar-refractivity contribution is 7.99. The summed E-state index contributed by atoms with van der Waals surface area (Å²) < 4.78 is 37.8. The topological polar surface area (TPSA) is 12.0 Å². The third-order valence-corrected chi connectivity index (χ3v) is 3.86. The van der Waals surface area contributed by atoms with Gasteiger partial charge in [0.05, 0.1) is 5.56 Å². The Morgan fingerprint density at radius 3 is 2.61 bits per heavy atom. The minimum Gasteiger partial charge on any atom is -0.312 e. The van der Waals surface area contributed by atoms with Crippen molar-refractivity contribution in [2.45, 2.75) is 25.6 Å². The lowest BCUT2D eigenvalue weighted by Crippen LogP contribution is -2.19. The molecule has 0 spiro atoms. The summed E-state index contributed by atoms with van der Waals surface area (Å²) in [7, 11) is 1.78. The summed E-state index contributed by atoms with van der Waals surface area (Å²) >= 11 is 1.75. The van der Waals surface area contributed by atoms with Gasteiger partial charge in [-0.25, -0.2) is 0 Å². The van der Waals surface area contributed by atoms with Crippen LogP contribution in [0.1, 0.15) is 30.5 Å². The van der Waals surface area contributed by atoms with E-state index in [4.69, 9.17) is 0 Å². The first-order valence-electron chi connectivity index (χ1n) is 5.91. The molecule has 1 atom stereocenters. The van der Waals surface area contributed by atoms with Crippen LogP contribution in [0, 0.1) is 0 Å². The van der Waals surface area contributed by atoms with Gasteiger partial charge in [-0.15, -0.1) is 0 Å². The van der Waals surface area contributed by atoms with Crippen molar-refractivity contribution in [1.29, 1.82) is 0 Å². The van der Waals surface area contributed by atoms with E-state index in [2.05, 4.69) is 12.2 Å². The average Bonchev–Trinajstić information content (AvgIpc) is 2.34. The molecule has 0 amide bonds. The average molecular weight is 277 g/mol. The molecule has 0 aliphatic heterocycles. The van der Waals surface area contributed by atoms with E-state index in [1.807, 2.05) is 0 Å². The lowest BCUT2D eigenvalue weighted by atomic mass is 10.1. The maximum absolute atomic E-state index is 12.6. The maximum atomic E-state index is 12.6. The SMILES string of the molecule is CCCSCC(NC)c1cccc(C(F)(F)F)c1. The molecule has 0 saturated heterocycles. The minimum absolute atomic E-state index is 0.0381. The van der Waals surface area contributed by atoms with Gasteiger partial charge in [0.25, 0.3) is 0 Å². The van der Waals surface area contributed by atoms with Crippen LogP contribution >= 0.6 is 11.8 Å². The van der Waals surface area contributed by atoms with Gasteiger partial charge in [-0.05, 0) is 36.9 Å². The van der Waals surface area contributed by atoms with Crippen molar-refractivity contribution in [3.8, 4) is 0 Å². The van der Waals surface area contributed by atoms with Crippen LogP contribution in [0.3, 0.4) is 0 Å². The van der Waals surface area contributed by atoms with E-state index in [-0.39, 0.29) is 6.04 Å². The van der Waals surface area contributed by atoms with Crippen molar-refractivity contribution in [3.05, 3.63) is 35.4 Å². The second-order valence-corrected chi connectivity index (χ2v) is 5.19. The van der Waals surface area contributed by atoms with Gasteiger partial charge in [0.1, 0.15) is 0 Å². The zero-order valence-corrected chi connectivity index (χ0v) is 11.4. The van der Waals surface area contributed by atoms with Crippen molar-refractivity contribution in [2.75, 3.05) is 18.6 Å². The first-order chi connectivity index (χ1) is 8.49. The van der Waals surface area contributed by atoms with Gasteiger partial charge >= 0.3 is 6.18 Å². The van der Waals surface area contributed by atoms with E-state index in [0.717, 1.165) is 24.0 Å². The number of alkyl halides is 3. The monoisotopic (exact) mass is 277 g/mol. The first-order valence-corrected chi connectivity index (χ1v) is 7.06. The van der Waals surface area contributed by atoms with Crippen LogP contribution in [0.4, 0.5) is 13.2 Å². The second-order valence-electron chi connectivity index (χ2n) is 4.04. The van der Waals surface area contributed by atoms with Gasteiger partial charge in [-0.2, -0.15) is 24.9 Å². The number of nitrogens with one attached hydrogen (secondary N) is 1. The van der Waals surface area contributed by atoms with Crippen molar-refractivity contribution in [1.82, 2.24) is 5.32 Å². The molecule has 0 aliphatic carbocycles. The van der Waals surface area contributed by atoms with E-state index in [1.54, 1.807) is 24.9 Å². The zero-order valence-electron chi connectivity index (χ0n) is 10.6. The number of hydrogen-bond acceptors (Lipinski definition) is 2. The lowest BCUT2D eigenvalue weighted by Gasteiger charge is -2.17. The fraction of sp³-hybridized carbons (Fsp3) is 0.538.